The fourth-order valence-corrected chi connectivity index (χ4v) is 4.23. The van der Waals surface area contributed by atoms with Gasteiger partial charge in [-0.1, -0.05) is 60.2 Å². The van der Waals surface area contributed by atoms with Crippen LogP contribution in [0.4, 0.5) is 0 Å². The van der Waals surface area contributed by atoms with Gasteiger partial charge in [-0.3, -0.25) is 13.9 Å². The largest absolute Gasteiger partial charge is 0.440 e. The number of aromatic nitrogens is 2. The van der Waals surface area contributed by atoms with Crippen LogP contribution >= 0.6 is 0 Å². The smallest absolute Gasteiger partial charge is 0.333 e. The Hall–Kier alpha value is -3.60. The summed E-state index contributed by atoms with van der Waals surface area (Å²) >= 11 is 0. The van der Waals surface area contributed by atoms with Gasteiger partial charge in [0.05, 0.1) is 5.56 Å². The van der Waals surface area contributed by atoms with E-state index in [0.717, 1.165) is 32.0 Å². The van der Waals surface area contributed by atoms with Crippen LogP contribution in [0.3, 0.4) is 0 Å². The highest BCUT2D eigenvalue weighted by atomic mass is 16.5. The van der Waals surface area contributed by atoms with Crippen molar-refractivity contribution >= 4 is 10.8 Å². The Balaban J connectivity index is 1.94. The third kappa shape index (κ3) is 2.47. The van der Waals surface area contributed by atoms with E-state index in [1.54, 1.807) is 7.05 Å². The molecule has 0 N–H and O–H groups in total. The maximum absolute atomic E-state index is 13.3. The molecule has 3 aromatic carbocycles. The van der Waals surface area contributed by atoms with Gasteiger partial charge in [-0.05, 0) is 29.3 Å². The van der Waals surface area contributed by atoms with Crippen LogP contribution in [0.5, 0.6) is 11.6 Å². The monoisotopic (exact) mass is 384 g/mol. The van der Waals surface area contributed by atoms with Gasteiger partial charge in [-0.15, -0.1) is 0 Å². The Bertz CT molecular complexity index is 1400. The fourth-order valence-electron chi connectivity index (χ4n) is 4.23. The minimum atomic E-state index is -0.402. The van der Waals surface area contributed by atoms with Crippen LogP contribution in [-0.2, 0) is 14.1 Å². The number of rotatable bonds is 1. The highest BCUT2D eigenvalue weighted by Gasteiger charge is 2.35. The zero-order valence-electron chi connectivity index (χ0n) is 16.5. The second-order valence-corrected chi connectivity index (χ2v) is 7.57. The third-order valence-electron chi connectivity index (χ3n) is 5.77. The topological polar surface area (TPSA) is 53.2 Å². The third-order valence-corrected chi connectivity index (χ3v) is 5.77. The molecule has 0 saturated carbocycles. The van der Waals surface area contributed by atoms with Gasteiger partial charge in [-0.25, -0.2) is 4.79 Å². The summed E-state index contributed by atoms with van der Waals surface area (Å²) in [5.41, 5.74) is 2.85. The molecule has 0 amide bonds. The molecule has 29 heavy (non-hydrogen) atoms. The lowest BCUT2D eigenvalue weighted by Gasteiger charge is -2.30. The predicted molar refractivity (Wildman–Crippen MR) is 113 cm³/mol. The molecule has 1 aliphatic heterocycles. The molecule has 0 bridgehead atoms. The standard InChI is InChI=1S/C24H20N2O3/c1-14-8-10-16(11-9-14)19-20-17-7-5-4-6-15(17)12-13-18(20)29-23-21(19)22(27)25(2)24(28)26(23)3/h4-13,19H,1-3H3. The molecular formula is C24H20N2O3. The molecular weight excluding hydrogens is 364 g/mol. The molecule has 5 nitrogen and oxygen atoms in total. The minimum Gasteiger partial charge on any atom is -0.440 e. The summed E-state index contributed by atoms with van der Waals surface area (Å²) in [5, 5.41) is 2.12. The molecule has 1 aliphatic rings. The van der Waals surface area contributed by atoms with Crippen molar-refractivity contribution in [1.29, 1.82) is 0 Å². The molecule has 5 rings (SSSR count). The molecule has 0 fully saturated rings. The molecule has 0 spiro atoms. The van der Waals surface area contributed by atoms with Gasteiger partial charge >= 0.3 is 5.69 Å². The lowest BCUT2D eigenvalue weighted by molar-refractivity contribution is 0.396. The summed E-state index contributed by atoms with van der Waals surface area (Å²) < 4.78 is 8.72. The molecule has 1 atom stereocenters. The van der Waals surface area contributed by atoms with Gasteiger partial charge in [-0.2, -0.15) is 0 Å². The number of hydrogen-bond donors (Lipinski definition) is 0. The van der Waals surface area contributed by atoms with Crippen LogP contribution in [0.2, 0.25) is 0 Å². The van der Waals surface area contributed by atoms with E-state index in [9.17, 15) is 9.59 Å². The van der Waals surface area contributed by atoms with Crippen molar-refractivity contribution in [3.63, 3.8) is 0 Å². The Labute approximate surface area is 167 Å². The molecule has 5 heteroatoms. The van der Waals surface area contributed by atoms with Crippen molar-refractivity contribution in [3.8, 4) is 11.6 Å². The first-order valence-electron chi connectivity index (χ1n) is 9.53. The second-order valence-electron chi connectivity index (χ2n) is 7.57. The number of aryl methyl sites for hydroxylation is 1. The number of benzene rings is 3. The maximum atomic E-state index is 13.3. The molecule has 4 aromatic rings. The SMILES string of the molecule is Cc1ccc(C2c3c(n(C)c(=O)n(C)c3=O)Oc3ccc4ccccc4c32)cc1. The lowest BCUT2D eigenvalue weighted by Crippen LogP contribution is -2.41. The van der Waals surface area contributed by atoms with E-state index in [4.69, 9.17) is 4.74 Å². The summed E-state index contributed by atoms with van der Waals surface area (Å²) in [4.78, 5) is 25.8. The minimum absolute atomic E-state index is 0.312. The van der Waals surface area contributed by atoms with Crippen LogP contribution in [0.15, 0.2) is 70.3 Å². The molecule has 144 valence electrons. The van der Waals surface area contributed by atoms with Gasteiger partial charge in [0.25, 0.3) is 5.56 Å². The Morgan fingerprint density at radius 1 is 0.828 bits per heavy atom. The van der Waals surface area contributed by atoms with Crippen LogP contribution in [0.1, 0.15) is 28.2 Å². The van der Waals surface area contributed by atoms with Crippen LogP contribution in [-0.4, -0.2) is 9.13 Å². The van der Waals surface area contributed by atoms with E-state index in [1.165, 1.54) is 11.6 Å². The zero-order chi connectivity index (χ0) is 20.3. The molecule has 1 unspecified atom stereocenters. The number of nitrogens with zero attached hydrogens (tertiary/aromatic N) is 2. The van der Waals surface area contributed by atoms with E-state index >= 15 is 0 Å². The van der Waals surface area contributed by atoms with Crippen LogP contribution < -0.4 is 16.0 Å². The van der Waals surface area contributed by atoms with E-state index in [2.05, 4.69) is 12.1 Å². The van der Waals surface area contributed by atoms with Gasteiger partial charge in [0.15, 0.2) is 0 Å². The Morgan fingerprint density at radius 3 is 2.31 bits per heavy atom. The van der Waals surface area contributed by atoms with E-state index in [1.807, 2.05) is 55.5 Å². The lowest BCUT2D eigenvalue weighted by atomic mass is 9.81. The van der Waals surface area contributed by atoms with Crippen molar-refractivity contribution in [2.24, 2.45) is 14.1 Å². The Morgan fingerprint density at radius 2 is 1.55 bits per heavy atom. The first-order valence-corrected chi connectivity index (χ1v) is 9.53. The highest BCUT2D eigenvalue weighted by molar-refractivity contribution is 5.90. The van der Waals surface area contributed by atoms with Gasteiger partial charge in [0.1, 0.15) is 5.75 Å². The first kappa shape index (κ1) is 17.5. The quantitative estimate of drug-likeness (QED) is 0.441. The van der Waals surface area contributed by atoms with E-state index in [0.29, 0.717) is 17.2 Å². The van der Waals surface area contributed by atoms with Crippen molar-refractivity contribution in [3.05, 3.63) is 104 Å². The maximum Gasteiger partial charge on any atom is 0.333 e. The predicted octanol–water partition coefficient (Wildman–Crippen LogP) is 3.83. The summed E-state index contributed by atoms with van der Waals surface area (Å²) in [6, 6.07) is 20.2. The van der Waals surface area contributed by atoms with E-state index < -0.39 is 5.69 Å². The average molecular weight is 384 g/mol. The van der Waals surface area contributed by atoms with Gasteiger partial charge in [0, 0.05) is 25.6 Å². The van der Waals surface area contributed by atoms with Crippen molar-refractivity contribution < 1.29 is 4.74 Å². The molecule has 1 aromatic heterocycles. The summed E-state index contributed by atoms with van der Waals surface area (Å²) in [6.07, 6.45) is 0. The Kier molecular flexibility index (Phi) is 3.74. The number of hydrogen-bond acceptors (Lipinski definition) is 3. The van der Waals surface area contributed by atoms with E-state index in [-0.39, 0.29) is 11.5 Å². The zero-order valence-corrected chi connectivity index (χ0v) is 16.5. The molecule has 0 saturated heterocycles. The number of ether oxygens (including phenoxy) is 1. The second kappa shape index (κ2) is 6.21. The first-order chi connectivity index (χ1) is 14.0. The summed E-state index contributed by atoms with van der Waals surface area (Å²) in [5.74, 6) is 0.655. The molecule has 0 aliphatic carbocycles. The molecule has 0 radical (unpaired) electrons. The highest BCUT2D eigenvalue weighted by Crippen LogP contribution is 2.48. The van der Waals surface area contributed by atoms with Gasteiger partial charge in [0.2, 0.25) is 5.88 Å². The van der Waals surface area contributed by atoms with Crippen LogP contribution in [0.25, 0.3) is 10.8 Å². The average Bonchev–Trinajstić information content (AvgIpc) is 2.75. The van der Waals surface area contributed by atoms with Crippen molar-refractivity contribution in [2.75, 3.05) is 0 Å². The number of fused-ring (bicyclic) bond motifs is 4. The van der Waals surface area contributed by atoms with Gasteiger partial charge < -0.3 is 4.74 Å². The molecule has 2 heterocycles. The summed E-state index contributed by atoms with van der Waals surface area (Å²) in [7, 11) is 3.15. The normalized spacial score (nSPS) is 14.9. The fraction of sp³-hybridized carbons (Fsp3) is 0.167. The van der Waals surface area contributed by atoms with Crippen molar-refractivity contribution in [2.45, 2.75) is 12.8 Å². The van der Waals surface area contributed by atoms with Crippen molar-refractivity contribution in [1.82, 2.24) is 9.13 Å². The summed E-state index contributed by atoms with van der Waals surface area (Å²) in [6.45, 7) is 2.04. The van der Waals surface area contributed by atoms with Crippen LogP contribution in [0, 0.1) is 6.92 Å².